The molecule has 0 saturated heterocycles. The number of rotatable bonds is 7. The summed E-state index contributed by atoms with van der Waals surface area (Å²) in [5.74, 6) is 1.25. The van der Waals surface area contributed by atoms with Gasteiger partial charge in [0.2, 0.25) is 11.8 Å². The first kappa shape index (κ1) is 18.4. The summed E-state index contributed by atoms with van der Waals surface area (Å²) in [5, 5.41) is 12.1. The Labute approximate surface area is 146 Å². The molecule has 0 aliphatic rings. The number of anilines is 1. The van der Waals surface area contributed by atoms with E-state index in [1.165, 1.54) is 6.92 Å². The molecule has 3 N–H and O–H groups in total. The number of nitrogens with one attached hydrogen (secondary N) is 3. The Morgan fingerprint density at radius 3 is 2.72 bits per heavy atom. The van der Waals surface area contributed by atoms with Crippen LogP contribution in [0, 0.1) is 0 Å². The van der Waals surface area contributed by atoms with Crippen molar-refractivity contribution in [3.05, 3.63) is 41.5 Å². The van der Waals surface area contributed by atoms with Gasteiger partial charge in [-0.25, -0.2) is 4.79 Å². The molecule has 0 aliphatic heterocycles. The highest BCUT2D eigenvalue weighted by Crippen LogP contribution is 2.11. The van der Waals surface area contributed by atoms with E-state index >= 15 is 0 Å². The van der Waals surface area contributed by atoms with Gasteiger partial charge in [0.1, 0.15) is 0 Å². The van der Waals surface area contributed by atoms with Crippen molar-refractivity contribution in [3.8, 4) is 0 Å². The molecule has 1 aromatic heterocycles. The molecule has 8 heteroatoms. The van der Waals surface area contributed by atoms with Crippen molar-refractivity contribution in [1.29, 1.82) is 0 Å². The largest absolute Gasteiger partial charge is 0.339 e. The lowest BCUT2D eigenvalue weighted by Gasteiger charge is -2.08. The summed E-state index contributed by atoms with van der Waals surface area (Å²) < 4.78 is 5.11. The van der Waals surface area contributed by atoms with Crippen LogP contribution >= 0.6 is 0 Å². The van der Waals surface area contributed by atoms with Crippen LogP contribution in [0.5, 0.6) is 0 Å². The van der Waals surface area contributed by atoms with Crippen molar-refractivity contribution in [1.82, 2.24) is 20.8 Å². The second-order valence-corrected chi connectivity index (χ2v) is 5.94. The van der Waals surface area contributed by atoms with Crippen LogP contribution in [0.15, 0.2) is 28.8 Å². The maximum absolute atomic E-state index is 11.8. The molecule has 0 fully saturated rings. The predicted octanol–water partition coefficient (Wildman–Crippen LogP) is 2.19. The summed E-state index contributed by atoms with van der Waals surface area (Å²) >= 11 is 0. The molecule has 1 heterocycles. The van der Waals surface area contributed by atoms with E-state index in [-0.39, 0.29) is 17.9 Å². The van der Waals surface area contributed by atoms with E-state index in [9.17, 15) is 9.59 Å². The number of nitrogens with zero attached hydrogens (tertiary/aromatic N) is 2. The lowest BCUT2D eigenvalue weighted by molar-refractivity contribution is -0.114. The van der Waals surface area contributed by atoms with Crippen LogP contribution in [0.2, 0.25) is 0 Å². The number of carbonyl (C=O) groups excluding carboxylic acids is 2. The smallest absolute Gasteiger partial charge is 0.315 e. The van der Waals surface area contributed by atoms with E-state index in [1.54, 1.807) is 6.07 Å². The molecule has 25 heavy (non-hydrogen) atoms. The minimum atomic E-state index is -0.284. The van der Waals surface area contributed by atoms with Crippen LogP contribution in [0.25, 0.3) is 0 Å². The average Bonchev–Trinajstić information content (AvgIpc) is 3.02. The Balaban J connectivity index is 1.72. The first-order valence-electron chi connectivity index (χ1n) is 8.14. The lowest BCUT2D eigenvalue weighted by Crippen LogP contribution is -2.36. The summed E-state index contributed by atoms with van der Waals surface area (Å²) in [5.41, 5.74) is 1.59. The molecule has 134 valence electrons. The SMILES string of the molecule is CC(=O)Nc1cccc(CNC(=O)NCCc2nc(C(C)C)no2)c1. The summed E-state index contributed by atoms with van der Waals surface area (Å²) in [7, 11) is 0. The van der Waals surface area contributed by atoms with Gasteiger partial charge in [0, 0.05) is 38.0 Å². The van der Waals surface area contributed by atoms with Crippen LogP contribution < -0.4 is 16.0 Å². The van der Waals surface area contributed by atoms with Gasteiger partial charge in [0.25, 0.3) is 0 Å². The number of amides is 3. The summed E-state index contributed by atoms with van der Waals surface area (Å²) in [6, 6.07) is 7.02. The Kier molecular flexibility index (Phi) is 6.50. The predicted molar refractivity (Wildman–Crippen MR) is 93.1 cm³/mol. The zero-order valence-corrected chi connectivity index (χ0v) is 14.6. The molecule has 0 aliphatic carbocycles. The number of urea groups is 1. The first-order chi connectivity index (χ1) is 11.9. The van der Waals surface area contributed by atoms with E-state index in [1.807, 2.05) is 32.0 Å². The Morgan fingerprint density at radius 1 is 1.24 bits per heavy atom. The molecular weight excluding hydrogens is 322 g/mol. The molecule has 0 radical (unpaired) electrons. The fraction of sp³-hybridized carbons (Fsp3) is 0.412. The lowest BCUT2D eigenvalue weighted by atomic mass is 10.2. The summed E-state index contributed by atoms with van der Waals surface area (Å²) in [6.07, 6.45) is 0.477. The minimum Gasteiger partial charge on any atom is -0.339 e. The van der Waals surface area contributed by atoms with Crippen molar-refractivity contribution in [3.63, 3.8) is 0 Å². The molecule has 0 unspecified atom stereocenters. The zero-order valence-electron chi connectivity index (χ0n) is 14.6. The number of benzene rings is 1. The highest BCUT2D eigenvalue weighted by Gasteiger charge is 2.09. The maximum Gasteiger partial charge on any atom is 0.315 e. The van der Waals surface area contributed by atoms with E-state index in [0.29, 0.717) is 36.9 Å². The van der Waals surface area contributed by atoms with Crippen molar-refractivity contribution >= 4 is 17.6 Å². The quantitative estimate of drug-likeness (QED) is 0.713. The van der Waals surface area contributed by atoms with E-state index in [2.05, 4.69) is 26.1 Å². The average molecular weight is 345 g/mol. The third-order valence-electron chi connectivity index (χ3n) is 3.33. The van der Waals surface area contributed by atoms with Crippen molar-refractivity contribution < 1.29 is 14.1 Å². The van der Waals surface area contributed by atoms with Gasteiger partial charge in [0.05, 0.1) is 0 Å². The van der Waals surface area contributed by atoms with E-state index < -0.39 is 0 Å². The van der Waals surface area contributed by atoms with Crippen molar-refractivity contribution in [2.24, 2.45) is 0 Å². The Morgan fingerprint density at radius 2 is 2.04 bits per heavy atom. The van der Waals surface area contributed by atoms with Gasteiger partial charge in [-0.15, -0.1) is 0 Å². The van der Waals surface area contributed by atoms with Gasteiger partial charge in [-0.3, -0.25) is 4.79 Å². The number of hydrogen-bond acceptors (Lipinski definition) is 5. The van der Waals surface area contributed by atoms with E-state index in [0.717, 1.165) is 5.56 Å². The highest BCUT2D eigenvalue weighted by atomic mass is 16.5. The zero-order chi connectivity index (χ0) is 18.2. The van der Waals surface area contributed by atoms with Crippen LogP contribution in [-0.4, -0.2) is 28.6 Å². The molecule has 8 nitrogen and oxygen atoms in total. The van der Waals surface area contributed by atoms with Crippen LogP contribution in [0.3, 0.4) is 0 Å². The van der Waals surface area contributed by atoms with Gasteiger partial charge in [-0.1, -0.05) is 31.1 Å². The molecule has 3 amide bonds. The maximum atomic E-state index is 11.8. The van der Waals surface area contributed by atoms with Crippen LogP contribution in [0.4, 0.5) is 10.5 Å². The third-order valence-corrected chi connectivity index (χ3v) is 3.33. The van der Waals surface area contributed by atoms with Crippen molar-refractivity contribution in [2.45, 2.75) is 39.7 Å². The van der Waals surface area contributed by atoms with Crippen molar-refractivity contribution in [2.75, 3.05) is 11.9 Å². The normalized spacial score (nSPS) is 10.6. The number of carbonyl (C=O) groups is 2. The second kappa shape index (κ2) is 8.81. The number of hydrogen-bond donors (Lipinski definition) is 3. The fourth-order valence-electron chi connectivity index (χ4n) is 2.09. The first-order valence-corrected chi connectivity index (χ1v) is 8.14. The summed E-state index contributed by atoms with van der Waals surface area (Å²) in [6.45, 7) is 6.18. The third kappa shape index (κ3) is 6.25. The fourth-order valence-corrected chi connectivity index (χ4v) is 2.09. The highest BCUT2D eigenvalue weighted by molar-refractivity contribution is 5.88. The van der Waals surface area contributed by atoms with Crippen LogP contribution in [0.1, 0.15) is 44.0 Å². The topological polar surface area (TPSA) is 109 Å². The molecule has 0 saturated carbocycles. The Hall–Kier alpha value is -2.90. The van der Waals surface area contributed by atoms with Gasteiger partial charge in [-0.05, 0) is 17.7 Å². The number of aromatic nitrogens is 2. The van der Waals surface area contributed by atoms with Gasteiger partial charge >= 0.3 is 6.03 Å². The Bertz CT molecular complexity index is 727. The monoisotopic (exact) mass is 345 g/mol. The molecule has 0 atom stereocenters. The van der Waals surface area contributed by atoms with E-state index in [4.69, 9.17) is 4.52 Å². The van der Waals surface area contributed by atoms with Crippen LogP contribution in [-0.2, 0) is 17.8 Å². The molecule has 2 aromatic rings. The molecular formula is C17H23N5O3. The second-order valence-electron chi connectivity index (χ2n) is 5.94. The molecule has 1 aromatic carbocycles. The molecule has 2 rings (SSSR count). The van der Waals surface area contributed by atoms with Gasteiger partial charge < -0.3 is 20.5 Å². The van der Waals surface area contributed by atoms with Gasteiger partial charge in [0.15, 0.2) is 5.82 Å². The molecule has 0 bridgehead atoms. The summed E-state index contributed by atoms with van der Waals surface area (Å²) in [4.78, 5) is 27.1. The standard InChI is InChI=1S/C17H23N5O3/c1-11(2)16-21-15(25-22-16)7-8-18-17(24)19-10-13-5-4-6-14(9-13)20-12(3)23/h4-6,9,11H,7-8,10H2,1-3H3,(H,20,23)(H2,18,19,24). The molecule has 0 spiro atoms. The minimum absolute atomic E-state index is 0.135. The van der Waals surface area contributed by atoms with Gasteiger partial charge in [-0.2, -0.15) is 4.98 Å².